The zero-order chi connectivity index (χ0) is 17.3. The normalized spacial score (nSPS) is 10.6. The van der Waals surface area contributed by atoms with Crippen molar-refractivity contribution in [2.45, 2.75) is 6.92 Å². The number of ketones is 1. The fourth-order valence-electron chi connectivity index (χ4n) is 2.49. The van der Waals surface area contributed by atoms with E-state index in [1.807, 2.05) is 18.2 Å². The highest BCUT2D eigenvalue weighted by Gasteiger charge is 2.23. The number of rotatable bonds is 4. The summed E-state index contributed by atoms with van der Waals surface area (Å²) in [6, 6.07) is 8.68. The van der Waals surface area contributed by atoms with Crippen LogP contribution in [0.1, 0.15) is 16.1 Å². The van der Waals surface area contributed by atoms with Gasteiger partial charge in [-0.1, -0.05) is 15.9 Å². The zero-order valence-corrected chi connectivity index (χ0v) is 14.6. The van der Waals surface area contributed by atoms with Gasteiger partial charge < -0.3 is 15.0 Å². The molecule has 2 N–H and O–H groups in total. The van der Waals surface area contributed by atoms with Crippen LogP contribution in [0.25, 0.3) is 10.9 Å². The SMILES string of the molecule is COc1cc(NC(=O)C(=O)c2c(C)[nH]c3ccc(Br)cc23)ccn1. The van der Waals surface area contributed by atoms with Crippen LogP contribution >= 0.6 is 15.9 Å². The highest BCUT2D eigenvalue weighted by atomic mass is 79.9. The van der Waals surface area contributed by atoms with Gasteiger partial charge in [0.2, 0.25) is 5.88 Å². The van der Waals surface area contributed by atoms with Crippen molar-refractivity contribution in [2.24, 2.45) is 0 Å². The van der Waals surface area contributed by atoms with Gasteiger partial charge in [0, 0.05) is 39.0 Å². The van der Waals surface area contributed by atoms with E-state index in [4.69, 9.17) is 4.74 Å². The summed E-state index contributed by atoms with van der Waals surface area (Å²) in [6.45, 7) is 1.77. The number of benzene rings is 1. The van der Waals surface area contributed by atoms with Crippen molar-refractivity contribution in [2.75, 3.05) is 12.4 Å². The maximum Gasteiger partial charge on any atom is 0.296 e. The minimum Gasteiger partial charge on any atom is -0.481 e. The van der Waals surface area contributed by atoms with Gasteiger partial charge in [-0.05, 0) is 31.2 Å². The largest absolute Gasteiger partial charge is 0.481 e. The molecule has 0 aliphatic rings. The Labute approximate surface area is 146 Å². The van der Waals surface area contributed by atoms with Gasteiger partial charge in [-0.3, -0.25) is 9.59 Å². The van der Waals surface area contributed by atoms with E-state index in [1.54, 1.807) is 19.1 Å². The summed E-state index contributed by atoms with van der Waals surface area (Å²) in [4.78, 5) is 32.0. The number of hydrogen-bond donors (Lipinski definition) is 2. The second-order valence-electron chi connectivity index (χ2n) is 5.19. The Morgan fingerprint density at radius 3 is 2.79 bits per heavy atom. The van der Waals surface area contributed by atoms with Crippen LogP contribution in [-0.4, -0.2) is 28.8 Å². The number of pyridine rings is 1. The summed E-state index contributed by atoms with van der Waals surface area (Å²) >= 11 is 3.39. The van der Waals surface area contributed by atoms with E-state index in [0.29, 0.717) is 28.2 Å². The number of halogens is 1. The summed E-state index contributed by atoms with van der Waals surface area (Å²) in [6.07, 6.45) is 1.49. The number of nitrogens with one attached hydrogen (secondary N) is 2. The van der Waals surface area contributed by atoms with Crippen molar-refractivity contribution in [3.63, 3.8) is 0 Å². The lowest BCUT2D eigenvalue weighted by atomic mass is 10.1. The molecule has 6 nitrogen and oxygen atoms in total. The summed E-state index contributed by atoms with van der Waals surface area (Å²) < 4.78 is 5.84. The molecule has 0 radical (unpaired) electrons. The monoisotopic (exact) mass is 387 g/mol. The molecule has 0 aliphatic carbocycles. The van der Waals surface area contributed by atoms with Crippen LogP contribution in [0.15, 0.2) is 41.0 Å². The van der Waals surface area contributed by atoms with Crippen LogP contribution in [0.2, 0.25) is 0 Å². The Balaban J connectivity index is 1.92. The molecule has 0 fully saturated rings. The van der Waals surface area contributed by atoms with Crippen LogP contribution in [-0.2, 0) is 4.79 Å². The van der Waals surface area contributed by atoms with Crippen LogP contribution < -0.4 is 10.1 Å². The van der Waals surface area contributed by atoms with E-state index in [0.717, 1.165) is 9.99 Å². The predicted molar refractivity (Wildman–Crippen MR) is 94.5 cm³/mol. The number of H-pyrrole nitrogens is 1. The summed E-state index contributed by atoms with van der Waals surface area (Å²) in [7, 11) is 1.48. The molecule has 0 saturated carbocycles. The molecule has 24 heavy (non-hydrogen) atoms. The number of nitrogens with zero attached hydrogens (tertiary/aromatic N) is 1. The fourth-order valence-corrected chi connectivity index (χ4v) is 2.85. The Hall–Kier alpha value is -2.67. The minimum atomic E-state index is -0.716. The standard InChI is InChI=1S/C17H14BrN3O3/c1-9-15(12-7-10(18)3-4-13(12)20-9)16(22)17(23)21-11-5-6-19-14(8-11)24-2/h3-8,20H,1-2H3,(H,19,21,23). The molecule has 1 amide bonds. The molecule has 122 valence electrons. The number of aromatic amines is 1. The van der Waals surface area contributed by atoms with E-state index in [-0.39, 0.29) is 0 Å². The minimum absolute atomic E-state index is 0.354. The molecular weight excluding hydrogens is 374 g/mol. The molecule has 0 bridgehead atoms. The Bertz CT molecular complexity index is 949. The molecule has 2 aromatic heterocycles. The maximum atomic E-state index is 12.6. The molecule has 0 spiro atoms. The van der Waals surface area contributed by atoms with Gasteiger partial charge in [-0.2, -0.15) is 0 Å². The smallest absolute Gasteiger partial charge is 0.296 e. The van der Waals surface area contributed by atoms with Gasteiger partial charge in [-0.15, -0.1) is 0 Å². The molecule has 2 heterocycles. The third-order valence-electron chi connectivity index (χ3n) is 3.58. The number of ether oxygens (including phenoxy) is 1. The van der Waals surface area contributed by atoms with Crippen LogP contribution in [0, 0.1) is 6.92 Å². The number of amides is 1. The Kier molecular flexibility index (Phi) is 4.35. The zero-order valence-electron chi connectivity index (χ0n) is 13.0. The summed E-state index contributed by atoms with van der Waals surface area (Å²) in [5.74, 6) is -0.965. The number of carbonyl (C=O) groups excluding carboxylic acids is 2. The lowest BCUT2D eigenvalue weighted by Gasteiger charge is -2.06. The van der Waals surface area contributed by atoms with E-state index in [1.165, 1.54) is 13.3 Å². The van der Waals surface area contributed by atoms with Gasteiger partial charge >= 0.3 is 0 Å². The number of hydrogen-bond acceptors (Lipinski definition) is 4. The second kappa shape index (κ2) is 6.45. The average Bonchev–Trinajstić information content (AvgIpc) is 2.89. The average molecular weight is 388 g/mol. The highest BCUT2D eigenvalue weighted by molar-refractivity contribution is 9.10. The lowest BCUT2D eigenvalue weighted by Crippen LogP contribution is -2.23. The molecule has 3 aromatic rings. The quantitative estimate of drug-likeness (QED) is 0.530. The highest BCUT2D eigenvalue weighted by Crippen LogP contribution is 2.26. The van der Waals surface area contributed by atoms with Crippen LogP contribution in [0.3, 0.4) is 0 Å². The first-order valence-electron chi connectivity index (χ1n) is 7.13. The first-order chi connectivity index (χ1) is 11.5. The van der Waals surface area contributed by atoms with Crippen molar-refractivity contribution in [1.29, 1.82) is 0 Å². The Morgan fingerprint density at radius 1 is 1.25 bits per heavy atom. The predicted octanol–water partition coefficient (Wildman–Crippen LogP) is 3.46. The molecular formula is C17H14BrN3O3. The number of methoxy groups -OCH3 is 1. The van der Waals surface area contributed by atoms with Gasteiger partial charge in [0.15, 0.2) is 0 Å². The number of fused-ring (bicyclic) bond motifs is 1. The third kappa shape index (κ3) is 3.03. The van der Waals surface area contributed by atoms with E-state index < -0.39 is 11.7 Å². The summed E-state index contributed by atoms with van der Waals surface area (Å²) in [5, 5.41) is 3.28. The third-order valence-corrected chi connectivity index (χ3v) is 4.08. The number of Topliss-reactive ketones (excluding diaryl/α,β-unsaturated/α-hetero) is 1. The van der Waals surface area contributed by atoms with Crippen molar-refractivity contribution >= 4 is 44.2 Å². The van der Waals surface area contributed by atoms with E-state index >= 15 is 0 Å². The van der Waals surface area contributed by atoms with Crippen molar-refractivity contribution < 1.29 is 14.3 Å². The first kappa shape index (κ1) is 16.2. The van der Waals surface area contributed by atoms with E-state index in [9.17, 15) is 9.59 Å². The van der Waals surface area contributed by atoms with E-state index in [2.05, 4.69) is 31.2 Å². The first-order valence-corrected chi connectivity index (χ1v) is 7.92. The molecule has 0 saturated heterocycles. The molecule has 3 rings (SSSR count). The molecule has 0 atom stereocenters. The van der Waals surface area contributed by atoms with Gasteiger partial charge in [0.05, 0.1) is 12.7 Å². The Morgan fingerprint density at radius 2 is 2.04 bits per heavy atom. The fraction of sp³-hybridized carbons (Fsp3) is 0.118. The number of carbonyl (C=O) groups is 2. The van der Waals surface area contributed by atoms with Crippen molar-refractivity contribution in [1.82, 2.24) is 9.97 Å². The molecule has 1 aromatic carbocycles. The molecule has 7 heteroatoms. The van der Waals surface area contributed by atoms with Crippen molar-refractivity contribution in [3.8, 4) is 5.88 Å². The number of anilines is 1. The maximum absolute atomic E-state index is 12.6. The number of aryl methyl sites for hydroxylation is 1. The second-order valence-corrected chi connectivity index (χ2v) is 6.10. The van der Waals surface area contributed by atoms with Crippen molar-refractivity contribution in [3.05, 3.63) is 52.3 Å². The van der Waals surface area contributed by atoms with Gasteiger partial charge in [0.25, 0.3) is 11.7 Å². The topological polar surface area (TPSA) is 84.1 Å². The van der Waals surface area contributed by atoms with Crippen LogP contribution in [0.4, 0.5) is 5.69 Å². The van der Waals surface area contributed by atoms with Gasteiger partial charge in [0.1, 0.15) is 0 Å². The van der Waals surface area contributed by atoms with Crippen LogP contribution in [0.5, 0.6) is 5.88 Å². The lowest BCUT2D eigenvalue weighted by molar-refractivity contribution is -0.112. The molecule has 0 aliphatic heterocycles. The van der Waals surface area contributed by atoms with Gasteiger partial charge in [-0.25, -0.2) is 4.98 Å². The summed E-state index contributed by atoms with van der Waals surface area (Å²) in [5.41, 5.74) is 2.26. The number of aromatic nitrogens is 2. The molecule has 0 unspecified atom stereocenters.